The lowest BCUT2D eigenvalue weighted by Crippen LogP contribution is -2.39. The van der Waals surface area contributed by atoms with Gasteiger partial charge in [-0.2, -0.15) is 0 Å². The van der Waals surface area contributed by atoms with Crippen molar-refractivity contribution in [2.45, 2.75) is 13.0 Å². The van der Waals surface area contributed by atoms with Crippen LogP contribution in [0.1, 0.15) is 6.92 Å². The number of nitro benzene ring substituents is 1. The Morgan fingerprint density at radius 3 is 2.54 bits per heavy atom. The van der Waals surface area contributed by atoms with E-state index in [0.717, 1.165) is 23.1 Å². The SMILES string of the molecule is CC1C(=O)N(CC(=O)Nc2cc([N+](=O)[O-])ccc2F)C(=O)N1c1ccccc1. The maximum atomic E-state index is 13.8. The van der Waals surface area contributed by atoms with Gasteiger partial charge in [-0.25, -0.2) is 9.18 Å². The quantitative estimate of drug-likeness (QED) is 0.482. The molecule has 1 saturated heterocycles. The minimum atomic E-state index is -0.877. The Morgan fingerprint density at radius 1 is 1.21 bits per heavy atom. The minimum Gasteiger partial charge on any atom is -0.322 e. The summed E-state index contributed by atoms with van der Waals surface area (Å²) in [5.41, 5.74) is -0.318. The Hall–Kier alpha value is -3.82. The minimum absolute atomic E-state index is 0.408. The Morgan fingerprint density at radius 2 is 1.89 bits per heavy atom. The molecule has 0 bridgehead atoms. The number of rotatable bonds is 5. The molecule has 10 heteroatoms. The number of amides is 4. The van der Waals surface area contributed by atoms with Gasteiger partial charge in [0.25, 0.3) is 11.6 Å². The molecule has 1 atom stereocenters. The molecule has 1 heterocycles. The van der Waals surface area contributed by atoms with E-state index in [1.54, 1.807) is 30.3 Å². The largest absolute Gasteiger partial charge is 0.332 e. The molecular formula is C18H15FN4O5. The molecule has 0 aliphatic carbocycles. The monoisotopic (exact) mass is 386 g/mol. The zero-order valence-electron chi connectivity index (χ0n) is 14.7. The molecular weight excluding hydrogens is 371 g/mol. The Bertz CT molecular complexity index is 966. The zero-order chi connectivity index (χ0) is 20.4. The van der Waals surface area contributed by atoms with Crippen LogP contribution in [0.4, 0.5) is 26.2 Å². The number of para-hydroxylation sites is 1. The van der Waals surface area contributed by atoms with E-state index in [4.69, 9.17) is 0 Å². The Labute approximate surface area is 158 Å². The second-order valence-corrected chi connectivity index (χ2v) is 6.06. The second kappa shape index (κ2) is 7.43. The third-order valence-electron chi connectivity index (χ3n) is 4.22. The number of nitro groups is 1. The molecule has 0 aromatic heterocycles. The highest BCUT2D eigenvalue weighted by Gasteiger charge is 2.44. The number of non-ortho nitro benzene ring substituents is 1. The summed E-state index contributed by atoms with van der Waals surface area (Å²) in [6, 6.07) is 9.66. The molecule has 2 aromatic carbocycles. The molecule has 1 unspecified atom stereocenters. The van der Waals surface area contributed by atoms with Crippen molar-refractivity contribution >= 4 is 34.9 Å². The molecule has 9 nitrogen and oxygen atoms in total. The van der Waals surface area contributed by atoms with Gasteiger partial charge in [-0.15, -0.1) is 0 Å². The molecule has 1 aliphatic rings. The number of imide groups is 1. The molecule has 1 aliphatic heterocycles. The molecule has 0 radical (unpaired) electrons. The lowest BCUT2D eigenvalue weighted by atomic mass is 10.2. The van der Waals surface area contributed by atoms with Crippen molar-refractivity contribution in [3.05, 3.63) is 64.5 Å². The van der Waals surface area contributed by atoms with E-state index in [2.05, 4.69) is 5.32 Å². The topological polar surface area (TPSA) is 113 Å². The van der Waals surface area contributed by atoms with Gasteiger partial charge in [0.15, 0.2) is 0 Å². The maximum absolute atomic E-state index is 13.8. The van der Waals surface area contributed by atoms with Crippen LogP contribution in [-0.2, 0) is 9.59 Å². The van der Waals surface area contributed by atoms with Crippen LogP contribution in [0.3, 0.4) is 0 Å². The van der Waals surface area contributed by atoms with Gasteiger partial charge < -0.3 is 5.32 Å². The smallest absolute Gasteiger partial charge is 0.322 e. The van der Waals surface area contributed by atoms with Crippen molar-refractivity contribution < 1.29 is 23.7 Å². The summed E-state index contributed by atoms with van der Waals surface area (Å²) < 4.78 is 13.8. The fourth-order valence-corrected chi connectivity index (χ4v) is 2.85. The van der Waals surface area contributed by atoms with Crippen LogP contribution in [0.5, 0.6) is 0 Å². The number of halogens is 1. The Balaban J connectivity index is 1.76. The molecule has 3 rings (SSSR count). The number of urea groups is 1. The first-order valence-electron chi connectivity index (χ1n) is 8.23. The summed E-state index contributed by atoms with van der Waals surface area (Å²) in [5.74, 6) is -2.32. The van der Waals surface area contributed by atoms with Crippen LogP contribution in [0.15, 0.2) is 48.5 Å². The van der Waals surface area contributed by atoms with E-state index < -0.39 is 52.5 Å². The van der Waals surface area contributed by atoms with Crippen LogP contribution < -0.4 is 10.2 Å². The van der Waals surface area contributed by atoms with Gasteiger partial charge in [0.2, 0.25) is 5.91 Å². The highest BCUT2D eigenvalue weighted by molar-refractivity contribution is 6.16. The number of nitrogens with zero attached hydrogens (tertiary/aromatic N) is 3. The standard InChI is InChI=1S/C18H15FN4O5/c1-11-17(25)21(18(26)22(11)12-5-3-2-4-6-12)10-16(24)20-15-9-13(23(27)28)7-8-14(15)19/h2-9,11H,10H2,1H3,(H,20,24). The van der Waals surface area contributed by atoms with E-state index >= 15 is 0 Å². The van der Waals surface area contributed by atoms with Crippen LogP contribution in [0.25, 0.3) is 0 Å². The van der Waals surface area contributed by atoms with Crippen LogP contribution in [0.2, 0.25) is 0 Å². The van der Waals surface area contributed by atoms with E-state index in [0.29, 0.717) is 5.69 Å². The number of carbonyl (C=O) groups is 3. The van der Waals surface area contributed by atoms with Crippen LogP contribution >= 0.6 is 0 Å². The van der Waals surface area contributed by atoms with Crippen molar-refractivity contribution in [2.75, 3.05) is 16.8 Å². The average molecular weight is 386 g/mol. The van der Waals surface area contributed by atoms with Crippen molar-refractivity contribution in [1.82, 2.24) is 4.90 Å². The van der Waals surface area contributed by atoms with Crippen molar-refractivity contribution in [3.8, 4) is 0 Å². The lowest BCUT2D eigenvalue weighted by Gasteiger charge is -2.19. The number of hydrogen-bond acceptors (Lipinski definition) is 5. The van der Waals surface area contributed by atoms with E-state index in [-0.39, 0.29) is 0 Å². The molecule has 1 fully saturated rings. The fraction of sp³-hybridized carbons (Fsp3) is 0.167. The van der Waals surface area contributed by atoms with Gasteiger partial charge in [0, 0.05) is 17.8 Å². The number of anilines is 2. The molecule has 28 heavy (non-hydrogen) atoms. The normalized spacial score (nSPS) is 16.4. The highest BCUT2D eigenvalue weighted by atomic mass is 19.1. The zero-order valence-corrected chi connectivity index (χ0v) is 14.7. The summed E-state index contributed by atoms with van der Waals surface area (Å²) in [7, 11) is 0. The van der Waals surface area contributed by atoms with Crippen LogP contribution in [-0.4, -0.2) is 40.3 Å². The number of hydrogen-bond donors (Lipinski definition) is 1. The summed E-state index contributed by atoms with van der Waals surface area (Å²) in [6.45, 7) is 0.888. The molecule has 4 amide bonds. The molecule has 0 spiro atoms. The van der Waals surface area contributed by atoms with E-state index in [1.165, 1.54) is 11.8 Å². The van der Waals surface area contributed by atoms with Gasteiger partial charge in [0.05, 0.1) is 10.6 Å². The molecule has 144 valence electrons. The predicted octanol–water partition coefficient (Wildman–Crippen LogP) is 2.53. The van der Waals surface area contributed by atoms with Crippen molar-refractivity contribution in [1.29, 1.82) is 0 Å². The number of benzene rings is 2. The number of nitrogens with one attached hydrogen (secondary N) is 1. The van der Waals surface area contributed by atoms with Crippen molar-refractivity contribution in [2.24, 2.45) is 0 Å². The highest BCUT2D eigenvalue weighted by Crippen LogP contribution is 2.26. The first kappa shape index (κ1) is 19.0. The second-order valence-electron chi connectivity index (χ2n) is 6.06. The number of carbonyl (C=O) groups excluding carboxylic acids is 3. The average Bonchev–Trinajstić information content (AvgIpc) is 2.87. The Kier molecular flexibility index (Phi) is 5.03. The van der Waals surface area contributed by atoms with Crippen LogP contribution in [0, 0.1) is 15.9 Å². The maximum Gasteiger partial charge on any atom is 0.332 e. The summed E-state index contributed by atoms with van der Waals surface area (Å²) in [5, 5.41) is 12.9. The fourth-order valence-electron chi connectivity index (χ4n) is 2.85. The van der Waals surface area contributed by atoms with Gasteiger partial charge in [-0.1, -0.05) is 18.2 Å². The summed E-state index contributed by atoms with van der Waals surface area (Å²) in [4.78, 5) is 49.3. The summed E-state index contributed by atoms with van der Waals surface area (Å²) >= 11 is 0. The van der Waals surface area contributed by atoms with Gasteiger partial charge >= 0.3 is 6.03 Å². The first-order chi connectivity index (χ1) is 13.3. The molecule has 1 N–H and O–H groups in total. The van der Waals surface area contributed by atoms with Gasteiger partial charge in [-0.3, -0.25) is 29.5 Å². The van der Waals surface area contributed by atoms with Gasteiger partial charge in [-0.05, 0) is 25.1 Å². The summed E-state index contributed by atoms with van der Waals surface area (Å²) in [6.07, 6.45) is 0. The molecule has 2 aromatic rings. The third-order valence-corrected chi connectivity index (χ3v) is 4.22. The van der Waals surface area contributed by atoms with E-state index in [1.807, 2.05) is 0 Å². The lowest BCUT2D eigenvalue weighted by molar-refractivity contribution is -0.384. The molecule has 0 saturated carbocycles. The predicted molar refractivity (Wildman–Crippen MR) is 97.2 cm³/mol. The van der Waals surface area contributed by atoms with Gasteiger partial charge in [0.1, 0.15) is 18.4 Å². The van der Waals surface area contributed by atoms with Crippen molar-refractivity contribution in [3.63, 3.8) is 0 Å². The van der Waals surface area contributed by atoms with E-state index in [9.17, 15) is 28.9 Å². The third kappa shape index (κ3) is 3.52. The first-order valence-corrected chi connectivity index (χ1v) is 8.23.